The molecule has 0 spiro atoms. The zero-order chi connectivity index (χ0) is 18.6. The second-order valence-corrected chi connectivity index (χ2v) is 6.10. The van der Waals surface area contributed by atoms with E-state index in [2.05, 4.69) is 5.32 Å². The van der Waals surface area contributed by atoms with Crippen LogP contribution in [0.1, 0.15) is 23.6 Å². The number of rotatable bonds is 5. The molecule has 4 nitrogen and oxygen atoms in total. The van der Waals surface area contributed by atoms with Gasteiger partial charge in [-0.2, -0.15) is 0 Å². The van der Waals surface area contributed by atoms with Gasteiger partial charge in [-0.15, -0.1) is 0 Å². The summed E-state index contributed by atoms with van der Waals surface area (Å²) in [6.07, 6.45) is 0.769. The third kappa shape index (κ3) is 3.32. The first-order valence-corrected chi connectivity index (χ1v) is 8.52. The molecule has 26 heavy (non-hydrogen) atoms. The second-order valence-electron chi connectivity index (χ2n) is 6.10. The number of carbonyl (C=O) groups excluding carboxylic acids is 1. The Labute approximate surface area is 152 Å². The SMILES string of the molecule is CCc1ccc(O)c(NC(=O)C(O)(c2ccccc2)c2ccccc2)c1. The summed E-state index contributed by atoms with van der Waals surface area (Å²) in [6.45, 7) is 1.99. The molecule has 4 heteroatoms. The van der Waals surface area contributed by atoms with Crippen LogP contribution in [0.15, 0.2) is 78.9 Å². The van der Waals surface area contributed by atoms with Crippen LogP contribution in [-0.4, -0.2) is 16.1 Å². The summed E-state index contributed by atoms with van der Waals surface area (Å²) in [7, 11) is 0. The van der Waals surface area contributed by atoms with Gasteiger partial charge in [0.15, 0.2) is 5.60 Å². The van der Waals surface area contributed by atoms with Gasteiger partial charge < -0.3 is 15.5 Å². The molecule has 0 fully saturated rings. The number of aliphatic hydroxyl groups is 1. The van der Waals surface area contributed by atoms with Crippen LogP contribution in [0.5, 0.6) is 5.75 Å². The van der Waals surface area contributed by atoms with Gasteiger partial charge in [-0.3, -0.25) is 4.79 Å². The van der Waals surface area contributed by atoms with E-state index >= 15 is 0 Å². The number of nitrogens with one attached hydrogen (secondary N) is 1. The molecule has 0 bridgehead atoms. The lowest BCUT2D eigenvalue weighted by Gasteiger charge is -2.28. The molecule has 0 aliphatic rings. The number of hydrogen-bond donors (Lipinski definition) is 3. The number of benzene rings is 3. The van der Waals surface area contributed by atoms with E-state index in [1.165, 1.54) is 0 Å². The van der Waals surface area contributed by atoms with Crippen molar-refractivity contribution in [2.24, 2.45) is 0 Å². The number of amides is 1. The first kappa shape index (κ1) is 17.7. The Morgan fingerprint density at radius 1 is 0.923 bits per heavy atom. The average molecular weight is 347 g/mol. The molecule has 0 unspecified atom stereocenters. The van der Waals surface area contributed by atoms with Crippen molar-refractivity contribution in [2.75, 3.05) is 5.32 Å². The Morgan fingerprint density at radius 3 is 1.96 bits per heavy atom. The van der Waals surface area contributed by atoms with Gasteiger partial charge in [0.25, 0.3) is 5.91 Å². The standard InChI is InChI=1S/C22H21NO3/c1-2-16-13-14-20(24)19(15-16)23-21(25)22(26,17-9-5-3-6-10-17)18-11-7-4-8-12-18/h3-15,24,26H,2H2,1H3,(H,23,25). The molecule has 132 valence electrons. The normalized spacial score (nSPS) is 11.2. The van der Waals surface area contributed by atoms with Crippen LogP contribution in [0.3, 0.4) is 0 Å². The van der Waals surface area contributed by atoms with E-state index in [4.69, 9.17) is 0 Å². The summed E-state index contributed by atoms with van der Waals surface area (Å²) < 4.78 is 0. The van der Waals surface area contributed by atoms with Crippen molar-refractivity contribution in [1.82, 2.24) is 0 Å². The molecule has 3 rings (SSSR count). The fourth-order valence-electron chi connectivity index (χ4n) is 2.90. The van der Waals surface area contributed by atoms with Gasteiger partial charge in [0.05, 0.1) is 5.69 Å². The predicted molar refractivity (Wildman–Crippen MR) is 102 cm³/mol. The Bertz CT molecular complexity index is 852. The van der Waals surface area contributed by atoms with Crippen LogP contribution in [0.2, 0.25) is 0 Å². The van der Waals surface area contributed by atoms with E-state index in [1.807, 2.05) is 19.1 Å². The summed E-state index contributed by atoms with van der Waals surface area (Å²) in [5, 5.41) is 24.2. The molecular formula is C22H21NO3. The van der Waals surface area contributed by atoms with Gasteiger partial charge in [0.1, 0.15) is 5.75 Å². The molecule has 0 aliphatic heterocycles. The van der Waals surface area contributed by atoms with Crippen molar-refractivity contribution in [1.29, 1.82) is 0 Å². The van der Waals surface area contributed by atoms with E-state index in [1.54, 1.807) is 66.7 Å². The number of carbonyl (C=O) groups is 1. The van der Waals surface area contributed by atoms with Crippen molar-refractivity contribution in [2.45, 2.75) is 18.9 Å². The highest BCUT2D eigenvalue weighted by Crippen LogP contribution is 2.33. The number of phenolic OH excluding ortho intramolecular Hbond substituents is 1. The van der Waals surface area contributed by atoms with Gasteiger partial charge in [0, 0.05) is 0 Å². The largest absolute Gasteiger partial charge is 0.506 e. The molecule has 3 N–H and O–H groups in total. The Kier molecular flexibility index (Phi) is 5.05. The minimum absolute atomic E-state index is 0.0426. The Hall–Kier alpha value is -3.11. The van der Waals surface area contributed by atoms with Crippen LogP contribution in [0, 0.1) is 0 Å². The molecule has 0 aromatic heterocycles. The Balaban J connectivity index is 2.04. The summed E-state index contributed by atoms with van der Waals surface area (Å²) in [5.41, 5.74) is 0.280. The van der Waals surface area contributed by atoms with Gasteiger partial charge in [-0.25, -0.2) is 0 Å². The summed E-state index contributed by atoms with van der Waals surface area (Å²) in [4.78, 5) is 13.1. The fraction of sp³-hybridized carbons (Fsp3) is 0.136. The zero-order valence-electron chi connectivity index (χ0n) is 14.5. The molecule has 0 heterocycles. The van der Waals surface area contributed by atoms with Crippen molar-refractivity contribution in [3.8, 4) is 5.75 Å². The highest BCUT2D eigenvalue weighted by Gasteiger charge is 2.40. The van der Waals surface area contributed by atoms with E-state index in [-0.39, 0.29) is 11.4 Å². The van der Waals surface area contributed by atoms with E-state index in [9.17, 15) is 15.0 Å². The summed E-state index contributed by atoms with van der Waals surface area (Å²) >= 11 is 0. The quantitative estimate of drug-likeness (QED) is 0.614. The van der Waals surface area contributed by atoms with Gasteiger partial charge in [-0.05, 0) is 35.2 Å². The highest BCUT2D eigenvalue weighted by molar-refractivity contribution is 6.01. The summed E-state index contributed by atoms with van der Waals surface area (Å²) in [5.74, 6) is -0.669. The molecular weight excluding hydrogens is 326 g/mol. The Morgan fingerprint density at radius 2 is 1.46 bits per heavy atom. The van der Waals surface area contributed by atoms with E-state index < -0.39 is 11.5 Å². The van der Waals surface area contributed by atoms with Crippen molar-refractivity contribution in [3.63, 3.8) is 0 Å². The first-order chi connectivity index (χ1) is 12.6. The van der Waals surface area contributed by atoms with Crippen LogP contribution in [0.25, 0.3) is 0 Å². The van der Waals surface area contributed by atoms with Gasteiger partial charge in [-0.1, -0.05) is 73.7 Å². The molecule has 3 aromatic rings. The van der Waals surface area contributed by atoms with Crippen molar-refractivity contribution >= 4 is 11.6 Å². The van der Waals surface area contributed by atoms with Crippen LogP contribution in [-0.2, 0) is 16.8 Å². The van der Waals surface area contributed by atoms with Crippen molar-refractivity contribution < 1.29 is 15.0 Å². The maximum atomic E-state index is 13.1. The predicted octanol–water partition coefficient (Wildman–Crippen LogP) is 3.83. The smallest absolute Gasteiger partial charge is 0.265 e. The zero-order valence-corrected chi connectivity index (χ0v) is 14.5. The molecule has 0 atom stereocenters. The summed E-state index contributed by atoms with van der Waals surface area (Å²) in [6, 6.07) is 22.6. The molecule has 0 saturated heterocycles. The third-order valence-corrected chi connectivity index (χ3v) is 4.43. The fourth-order valence-corrected chi connectivity index (χ4v) is 2.90. The third-order valence-electron chi connectivity index (χ3n) is 4.43. The minimum atomic E-state index is -1.88. The van der Waals surface area contributed by atoms with Gasteiger partial charge >= 0.3 is 0 Å². The monoisotopic (exact) mass is 347 g/mol. The lowest BCUT2D eigenvalue weighted by Crippen LogP contribution is -2.41. The van der Waals surface area contributed by atoms with Crippen LogP contribution >= 0.6 is 0 Å². The molecule has 3 aromatic carbocycles. The number of phenols is 1. The first-order valence-electron chi connectivity index (χ1n) is 8.52. The molecule has 0 aliphatic carbocycles. The van der Waals surface area contributed by atoms with Crippen LogP contribution < -0.4 is 5.32 Å². The maximum Gasteiger partial charge on any atom is 0.265 e. The van der Waals surface area contributed by atoms with Crippen LogP contribution in [0.4, 0.5) is 5.69 Å². The molecule has 0 saturated carbocycles. The van der Waals surface area contributed by atoms with Gasteiger partial charge in [0.2, 0.25) is 0 Å². The van der Waals surface area contributed by atoms with E-state index in [0.717, 1.165) is 12.0 Å². The molecule has 1 amide bonds. The van der Waals surface area contributed by atoms with E-state index in [0.29, 0.717) is 11.1 Å². The topological polar surface area (TPSA) is 69.6 Å². The average Bonchev–Trinajstić information content (AvgIpc) is 2.70. The number of aromatic hydroxyl groups is 1. The van der Waals surface area contributed by atoms with Crippen molar-refractivity contribution in [3.05, 3.63) is 95.6 Å². The number of aryl methyl sites for hydroxylation is 1. The highest BCUT2D eigenvalue weighted by atomic mass is 16.3. The molecule has 0 radical (unpaired) electrons. The maximum absolute atomic E-state index is 13.1. The minimum Gasteiger partial charge on any atom is -0.506 e. The lowest BCUT2D eigenvalue weighted by atomic mass is 9.85. The number of hydrogen-bond acceptors (Lipinski definition) is 3. The number of anilines is 1. The second kappa shape index (κ2) is 7.42. The lowest BCUT2D eigenvalue weighted by molar-refractivity contribution is -0.131.